The molecule has 0 saturated carbocycles. The fourth-order valence-electron chi connectivity index (χ4n) is 2.94. The number of carbonyl (C=O) groups excluding carboxylic acids is 1. The predicted molar refractivity (Wildman–Crippen MR) is 120 cm³/mol. The van der Waals surface area contributed by atoms with Gasteiger partial charge in [0.05, 0.1) is 5.56 Å². The molecule has 1 heterocycles. The van der Waals surface area contributed by atoms with Gasteiger partial charge in [-0.15, -0.1) is 23.1 Å². The fourth-order valence-corrected chi connectivity index (χ4v) is 4.77. The number of nitrogens with one attached hydrogen (secondary N) is 1. The minimum atomic E-state index is 0.0139. The number of thiophene rings is 1. The number of carbonyl (C=O) groups is 1. The molecule has 0 saturated heterocycles. The minimum Gasteiger partial charge on any atom is -0.352 e. The van der Waals surface area contributed by atoms with Crippen LogP contribution < -0.4 is 5.32 Å². The molecule has 0 atom stereocenters. The highest BCUT2D eigenvalue weighted by molar-refractivity contribution is 7.98. The minimum absolute atomic E-state index is 0.0139. The van der Waals surface area contributed by atoms with Gasteiger partial charge in [0.1, 0.15) is 0 Å². The molecule has 0 bridgehead atoms. The predicted octanol–water partition coefficient (Wildman–Crippen LogP) is 5.29. The largest absolute Gasteiger partial charge is 0.352 e. The molecule has 146 valence electrons. The van der Waals surface area contributed by atoms with Crippen molar-refractivity contribution in [2.45, 2.75) is 23.6 Å². The molecule has 0 aliphatic rings. The van der Waals surface area contributed by atoms with E-state index in [1.54, 1.807) is 23.1 Å². The van der Waals surface area contributed by atoms with Gasteiger partial charge < -0.3 is 10.2 Å². The van der Waals surface area contributed by atoms with E-state index in [0.29, 0.717) is 6.54 Å². The molecule has 5 heteroatoms. The van der Waals surface area contributed by atoms with Gasteiger partial charge in [-0.3, -0.25) is 4.79 Å². The Morgan fingerprint density at radius 1 is 1.04 bits per heavy atom. The lowest BCUT2D eigenvalue weighted by molar-refractivity contribution is 0.0949. The summed E-state index contributed by atoms with van der Waals surface area (Å²) < 4.78 is 0. The molecule has 3 aromatic rings. The molecule has 1 amide bonds. The second-order valence-corrected chi connectivity index (χ2v) is 8.75. The van der Waals surface area contributed by atoms with Crippen LogP contribution in [0.5, 0.6) is 0 Å². The van der Waals surface area contributed by atoms with Crippen LogP contribution in [0.2, 0.25) is 0 Å². The van der Waals surface area contributed by atoms with Crippen LogP contribution in [-0.2, 0) is 12.3 Å². The molecular formula is C23H26N2OS2. The third kappa shape index (κ3) is 6.51. The summed E-state index contributed by atoms with van der Waals surface area (Å²) in [7, 11) is 2.12. The summed E-state index contributed by atoms with van der Waals surface area (Å²) in [4.78, 5) is 17.3. The molecule has 0 aliphatic heterocycles. The first kappa shape index (κ1) is 20.6. The normalized spacial score (nSPS) is 10.9. The Kier molecular flexibility index (Phi) is 8.15. The zero-order valence-corrected chi connectivity index (χ0v) is 17.8. The summed E-state index contributed by atoms with van der Waals surface area (Å²) >= 11 is 3.47. The number of benzene rings is 2. The van der Waals surface area contributed by atoms with Crippen LogP contribution in [0.4, 0.5) is 0 Å². The Bertz CT molecular complexity index is 850. The van der Waals surface area contributed by atoms with Gasteiger partial charge in [0.25, 0.3) is 5.91 Å². The van der Waals surface area contributed by atoms with Gasteiger partial charge >= 0.3 is 0 Å². The van der Waals surface area contributed by atoms with E-state index in [9.17, 15) is 4.79 Å². The second-order valence-electron chi connectivity index (χ2n) is 6.70. The van der Waals surface area contributed by atoms with Crippen molar-refractivity contribution in [3.63, 3.8) is 0 Å². The standard InChI is InChI=1S/C23H26N2OS2/c1-25(17-19-9-3-2-4-10-19)15-8-14-24-23(26)21-12-5-6-13-22(21)28-18-20-11-7-16-27-20/h2-7,9-13,16H,8,14-15,17-18H2,1H3,(H,24,26). The molecule has 3 rings (SSSR count). The van der Waals surface area contributed by atoms with E-state index in [0.717, 1.165) is 35.7 Å². The van der Waals surface area contributed by atoms with Crippen LogP contribution >= 0.6 is 23.1 Å². The average Bonchev–Trinajstić information content (AvgIpc) is 3.24. The van der Waals surface area contributed by atoms with E-state index < -0.39 is 0 Å². The third-order valence-electron chi connectivity index (χ3n) is 4.38. The zero-order valence-electron chi connectivity index (χ0n) is 16.1. The van der Waals surface area contributed by atoms with Gasteiger partial charge in [0, 0.05) is 28.6 Å². The van der Waals surface area contributed by atoms with Crippen molar-refractivity contribution in [1.82, 2.24) is 10.2 Å². The lowest BCUT2D eigenvalue weighted by Crippen LogP contribution is -2.28. The molecule has 1 N–H and O–H groups in total. The Morgan fingerprint density at radius 3 is 2.61 bits per heavy atom. The van der Waals surface area contributed by atoms with E-state index in [1.165, 1.54) is 10.4 Å². The molecule has 1 aromatic heterocycles. The Labute approximate surface area is 175 Å². The summed E-state index contributed by atoms with van der Waals surface area (Å²) in [6, 6.07) is 22.5. The van der Waals surface area contributed by atoms with Gasteiger partial charge in [-0.05, 0) is 49.2 Å². The second kappa shape index (κ2) is 11.1. The summed E-state index contributed by atoms with van der Waals surface area (Å²) in [6.45, 7) is 2.56. The summed E-state index contributed by atoms with van der Waals surface area (Å²) in [5.41, 5.74) is 2.08. The van der Waals surface area contributed by atoms with Gasteiger partial charge in [0.15, 0.2) is 0 Å². The first-order valence-electron chi connectivity index (χ1n) is 9.47. The van der Waals surface area contributed by atoms with Gasteiger partial charge in [-0.25, -0.2) is 0 Å². The number of hydrogen-bond acceptors (Lipinski definition) is 4. The van der Waals surface area contributed by atoms with Gasteiger partial charge in [-0.1, -0.05) is 48.5 Å². The van der Waals surface area contributed by atoms with Crippen LogP contribution in [0.3, 0.4) is 0 Å². The highest BCUT2D eigenvalue weighted by Gasteiger charge is 2.11. The molecule has 0 spiro atoms. The first-order valence-corrected chi connectivity index (χ1v) is 11.3. The van der Waals surface area contributed by atoms with Crippen molar-refractivity contribution in [1.29, 1.82) is 0 Å². The number of nitrogens with zero attached hydrogens (tertiary/aromatic N) is 1. The summed E-state index contributed by atoms with van der Waals surface area (Å²) in [6.07, 6.45) is 0.930. The van der Waals surface area contributed by atoms with E-state index in [1.807, 2.05) is 30.3 Å². The van der Waals surface area contributed by atoms with E-state index in [4.69, 9.17) is 0 Å². The highest BCUT2D eigenvalue weighted by Crippen LogP contribution is 2.27. The Hall–Kier alpha value is -2.08. The molecule has 0 unspecified atom stereocenters. The van der Waals surface area contributed by atoms with E-state index >= 15 is 0 Å². The van der Waals surface area contributed by atoms with Crippen molar-refractivity contribution in [2.24, 2.45) is 0 Å². The van der Waals surface area contributed by atoms with Crippen molar-refractivity contribution < 1.29 is 4.79 Å². The van der Waals surface area contributed by atoms with Crippen LogP contribution in [0, 0.1) is 0 Å². The maximum absolute atomic E-state index is 12.6. The zero-order chi connectivity index (χ0) is 19.6. The average molecular weight is 411 g/mol. The van der Waals surface area contributed by atoms with Crippen LogP contribution in [0.25, 0.3) is 0 Å². The quantitative estimate of drug-likeness (QED) is 0.364. The monoisotopic (exact) mass is 410 g/mol. The topological polar surface area (TPSA) is 32.3 Å². The molecule has 0 fully saturated rings. The lowest BCUT2D eigenvalue weighted by atomic mass is 10.2. The lowest BCUT2D eigenvalue weighted by Gasteiger charge is -2.17. The summed E-state index contributed by atoms with van der Waals surface area (Å²) in [5, 5.41) is 5.16. The number of rotatable bonds is 10. The van der Waals surface area contributed by atoms with E-state index in [-0.39, 0.29) is 5.91 Å². The molecule has 3 nitrogen and oxygen atoms in total. The molecule has 28 heavy (non-hydrogen) atoms. The van der Waals surface area contributed by atoms with Crippen molar-refractivity contribution in [2.75, 3.05) is 20.1 Å². The van der Waals surface area contributed by atoms with Gasteiger partial charge in [0.2, 0.25) is 0 Å². The van der Waals surface area contributed by atoms with Crippen molar-refractivity contribution in [3.05, 3.63) is 88.1 Å². The highest BCUT2D eigenvalue weighted by atomic mass is 32.2. The smallest absolute Gasteiger partial charge is 0.252 e. The first-order chi connectivity index (χ1) is 13.7. The number of amides is 1. The maximum atomic E-state index is 12.6. The fraction of sp³-hybridized carbons (Fsp3) is 0.261. The third-order valence-corrected chi connectivity index (χ3v) is 6.56. The SMILES string of the molecule is CN(CCCNC(=O)c1ccccc1SCc1cccs1)Cc1ccccc1. The molecule has 0 radical (unpaired) electrons. The van der Waals surface area contributed by atoms with Crippen molar-refractivity contribution in [3.8, 4) is 0 Å². The molecular weight excluding hydrogens is 384 g/mol. The van der Waals surface area contributed by atoms with E-state index in [2.05, 4.69) is 59.0 Å². The molecule has 0 aliphatic carbocycles. The number of hydrogen-bond donors (Lipinski definition) is 1. The molecule has 2 aromatic carbocycles. The van der Waals surface area contributed by atoms with Crippen molar-refractivity contribution >= 4 is 29.0 Å². The van der Waals surface area contributed by atoms with Crippen LogP contribution in [0.1, 0.15) is 27.2 Å². The van der Waals surface area contributed by atoms with Crippen LogP contribution in [-0.4, -0.2) is 30.9 Å². The van der Waals surface area contributed by atoms with Crippen LogP contribution in [0.15, 0.2) is 77.0 Å². The van der Waals surface area contributed by atoms with Gasteiger partial charge in [-0.2, -0.15) is 0 Å². The Balaban J connectivity index is 1.43. The maximum Gasteiger partial charge on any atom is 0.252 e. The number of thioether (sulfide) groups is 1. The Morgan fingerprint density at radius 2 is 1.82 bits per heavy atom. The summed E-state index contributed by atoms with van der Waals surface area (Å²) in [5.74, 6) is 0.909.